The molecule has 0 saturated carbocycles. The van der Waals surface area contributed by atoms with Crippen molar-refractivity contribution in [3.05, 3.63) is 76.3 Å². The Morgan fingerprint density at radius 1 is 1.00 bits per heavy atom. The number of piperazine rings is 1. The Morgan fingerprint density at radius 2 is 1.85 bits per heavy atom. The van der Waals surface area contributed by atoms with Gasteiger partial charge in [-0.25, -0.2) is 9.59 Å². The van der Waals surface area contributed by atoms with Crippen LogP contribution >= 0.6 is 0 Å². The van der Waals surface area contributed by atoms with Crippen LogP contribution in [0, 0.1) is 0 Å². The van der Waals surface area contributed by atoms with Gasteiger partial charge in [0.05, 0.1) is 5.56 Å². The summed E-state index contributed by atoms with van der Waals surface area (Å²) in [5, 5.41) is 11.2. The molecule has 0 spiro atoms. The fraction of sp³-hybridized carbons (Fsp3) is 0.308. The molecule has 4 aromatic rings. The number of H-pyrrole nitrogens is 1. The van der Waals surface area contributed by atoms with Gasteiger partial charge in [0, 0.05) is 60.4 Å². The smallest absolute Gasteiger partial charge is 0.336 e. The number of aromatic amines is 1. The van der Waals surface area contributed by atoms with Crippen molar-refractivity contribution in [2.75, 3.05) is 37.6 Å². The Morgan fingerprint density at radius 3 is 2.67 bits per heavy atom. The summed E-state index contributed by atoms with van der Waals surface area (Å²) in [6.45, 7) is 5.07. The number of hydrogen-bond donors (Lipinski definition) is 2. The van der Waals surface area contributed by atoms with E-state index in [0.29, 0.717) is 11.1 Å². The predicted octanol–water partition coefficient (Wildman–Crippen LogP) is 4.12. The van der Waals surface area contributed by atoms with E-state index in [1.807, 2.05) is 30.5 Å². The number of unbranched alkanes of at least 4 members (excludes halogenated alkanes) is 1. The Balaban J connectivity index is 1.11. The highest BCUT2D eigenvalue weighted by Gasteiger charge is 2.17. The molecule has 1 aliphatic rings. The molecule has 1 fully saturated rings. The average molecular weight is 446 g/mol. The molecule has 0 bridgehead atoms. The maximum absolute atomic E-state index is 11.4. The minimum absolute atomic E-state index is 0.321. The number of fused-ring (bicyclic) bond motifs is 2. The lowest BCUT2D eigenvalue weighted by Crippen LogP contribution is -2.46. The Kier molecular flexibility index (Phi) is 5.88. The number of carbonyl (C=O) groups is 1. The van der Waals surface area contributed by atoms with Gasteiger partial charge >= 0.3 is 11.6 Å². The van der Waals surface area contributed by atoms with Crippen molar-refractivity contribution in [3.63, 3.8) is 0 Å². The minimum Gasteiger partial charge on any atom is -0.478 e. The van der Waals surface area contributed by atoms with Gasteiger partial charge in [-0.05, 0) is 73.8 Å². The first kappa shape index (κ1) is 21.3. The number of carboxylic acid groups (broad SMARTS) is 1. The number of nitrogens with one attached hydrogen (secondary N) is 1. The lowest BCUT2D eigenvalue weighted by Gasteiger charge is -2.36. The molecule has 7 heteroatoms. The van der Waals surface area contributed by atoms with Gasteiger partial charge in [-0.2, -0.15) is 0 Å². The molecular weight excluding hydrogens is 418 g/mol. The topological polar surface area (TPSA) is 89.8 Å². The molecule has 3 heterocycles. The van der Waals surface area contributed by atoms with Crippen LogP contribution in [-0.4, -0.2) is 53.7 Å². The van der Waals surface area contributed by atoms with Crippen molar-refractivity contribution in [3.8, 4) is 0 Å². The molecule has 170 valence electrons. The zero-order valence-corrected chi connectivity index (χ0v) is 18.4. The van der Waals surface area contributed by atoms with E-state index >= 15 is 0 Å². The molecule has 7 nitrogen and oxygen atoms in total. The van der Waals surface area contributed by atoms with Crippen LogP contribution in [0.2, 0.25) is 0 Å². The predicted molar refractivity (Wildman–Crippen MR) is 129 cm³/mol. The molecule has 1 saturated heterocycles. The second-order valence-corrected chi connectivity index (χ2v) is 8.64. The second kappa shape index (κ2) is 9.11. The van der Waals surface area contributed by atoms with E-state index in [1.54, 1.807) is 12.1 Å². The van der Waals surface area contributed by atoms with E-state index in [4.69, 9.17) is 4.42 Å². The second-order valence-electron chi connectivity index (χ2n) is 8.64. The Bertz CT molecular complexity index is 1350. The van der Waals surface area contributed by atoms with E-state index in [0.717, 1.165) is 74.0 Å². The standard InChI is InChI=1S/C26H27N3O4/c30-25-9-5-18-15-21(6-8-24(18)33-25)29-13-11-28(12-14-29)10-2-1-3-20-17-27-23-7-4-19(26(31)32)16-22(20)23/h4-9,15-17,27H,1-3,10-14H2,(H,31,32). The van der Waals surface area contributed by atoms with Gasteiger partial charge in [0.25, 0.3) is 0 Å². The molecule has 2 N–H and O–H groups in total. The van der Waals surface area contributed by atoms with Crippen LogP contribution in [0.1, 0.15) is 28.8 Å². The van der Waals surface area contributed by atoms with Crippen molar-refractivity contribution in [2.45, 2.75) is 19.3 Å². The fourth-order valence-corrected chi connectivity index (χ4v) is 4.65. The van der Waals surface area contributed by atoms with Crippen molar-refractivity contribution >= 4 is 33.5 Å². The first-order chi connectivity index (χ1) is 16.1. The van der Waals surface area contributed by atoms with Crippen LogP contribution in [-0.2, 0) is 6.42 Å². The van der Waals surface area contributed by atoms with Gasteiger partial charge in [-0.3, -0.25) is 4.90 Å². The largest absolute Gasteiger partial charge is 0.478 e. The third kappa shape index (κ3) is 4.64. The van der Waals surface area contributed by atoms with Crippen LogP contribution in [0.15, 0.2) is 63.9 Å². The molecule has 0 aliphatic carbocycles. The van der Waals surface area contributed by atoms with Crippen molar-refractivity contribution in [1.29, 1.82) is 0 Å². The molecule has 1 aliphatic heterocycles. The number of nitrogens with zero attached hydrogens (tertiary/aromatic N) is 2. The number of hydrogen-bond acceptors (Lipinski definition) is 5. The van der Waals surface area contributed by atoms with Crippen molar-refractivity contribution in [1.82, 2.24) is 9.88 Å². The zero-order valence-electron chi connectivity index (χ0n) is 18.4. The number of rotatable bonds is 7. The first-order valence-corrected chi connectivity index (χ1v) is 11.4. The van der Waals surface area contributed by atoms with Crippen LogP contribution in [0.25, 0.3) is 21.9 Å². The average Bonchev–Trinajstić information content (AvgIpc) is 3.24. The van der Waals surface area contributed by atoms with Crippen LogP contribution in [0.3, 0.4) is 0 Å². The monoisotopic (exact) mass is 445 g/mol. The summed E-state index contributed by atoms with van der Waals surface area (Å²) in [4.78, 5) is 30.8. The summed E-state index contributed by atoms with van der Waals surface area (Å²) in [6, 6.07) is 14.5. The fourth-order valence-electron chi connectivity index (χ4n) is 4.65. The summed E-state index contributed by atoms with van der Waals surface area (Å²) in [6.07, 6.45) is 5.13. The van der Waals surface area contributed by atoms with Gasteiger partial charge < -0.3 is 19.4 Å². The number of anilines is 1. The summed E-state index contributed by atoms with van der Waals surface area (Å²) >= 11 is 0. The minimum atomic E-state index is -0.890. The molecule has 0 radical (unpaired) electrons. The molecule has 33 heavy (non-hydrogen) atoms. The number of aryl methyl sites for hydroxylation is 1. The van der Waals surface area contributed by atoms with Crippen LogP contribution in [0.4, 0.5) is 5.69 Å². The van der Waals surface area contributed by atoms with E-state index in [9.17, 15) is 14.7 Å². The summed E-state index contributed by atoms with van der Waals surface area (Å²) in [5.74, 6) is -0.890. The van der Waals surface area contributed by atoms with Gasteiger partial charge in [0.15, 0.2) is 0 Å². The molecule has 0 unspecified atom stereocenters. The van der Waals surface area contributed by atoms with E-state index in [1.165, 1.54) is 11.6 Å². The summed E-state index contributed by atoms with van der Waals surface area (Å²) < 4.78 is 5.23. The zero-order chi connectivity index (χ0) is 22.8. The number of carboxylic acids is 1. The van der Waals surface area contributed by atoms with Crippen LogP contribution < -0.4 is 10.5 Å². The highest BCUT2D eigenvalue weighted by Crippen LogP contribution is 2.24. The Hall–Kier alpha value is -3.58. The van der Waals surface area contributed by atoms with Crippen molar-refractivity contribution < 1.29 is 14.3 Å². The van der Waals surface area contributed by atoms with Gasteiger partial charge in [0.1, 0.15) is 5.58 Å². The van der Waals surface area contributed by atoms with Gasteiger partial charge in [-0.15, -0.1) is 0 Å². The number of benzene rings is 2. The van der Waals surface area contributed by atoms with Gasteiger partial charge in [-0.1, -0.05) is 0 Å². The SMILES string of the molecule is O=C(O)c1ccc2[nH]cc(CCCCN3CCN(c4ccc5oc(=O)ccc5c4)CC3)c2c1. The highest BCUT2D eigenvalue weighted by atomic mass is 16.4. The van der Waals surface area contributed by atoms with Gasteiger partial charge in [0.2, 0.25) is 0 Å². The van der Waals surface area contributed by atoms with E-state index in [-0.39, 0.29) is 5.63 Å². The third-order valence-electron chi connectivity index (χ3n) is 6.53. The normalized spacial score (nSPS) is 14.8. The third-order valence-corrected chi connectivity index (χ3v) is 6.53. The summed E-state index contributed by atoms with van der Waals surface area (Å²) in [5.41, 5.74) is 3.97. The maximum atomic E-state index is 11.4. The van der Waals surface area contributed by atoms with Crippen LogP contribution in [0.5, 0.6) is 0 Å². The Labute approximate surface area is 191 Å². The lowest BCUT2D eigenvalue weighted by atomic mass is 10.0. The van der Waals surface area contributed by atoms with E-state index < -0.39 is 5.97 Å². The summed E-state index contributed by atoms with van der Waals surface area (Å²) in [7, 11) is 0. The highest BCUT2D eigenvalue weighted by molar-refractivity contribution is 5.94. The number of aromatic nitrogens is 1. The lowest BCUT2D eigenvalue weighted by molar-refractivity contribution is 0.0697. The molecular formula is C26H27N3O4. The maximum Gasteiger partial charge on any atom is 0.336 e. The molecule has 2 aromatic carbocycles. The molecule has 5 rings (SSSR count). The quantitative estimate of drug-likeness (QED) is 0.329. The molecule has 0 atom stereocenters. The number of aromatic carboxylic acids is 1. The van der Waals surface area contributed by atoms with E-state index in [2.05, 4.69) is 20.9 Å². The molecule has 0 amide bonds. The first-order valence-electron chi connectivity index (χ1n) is 11.4. The van der Waals surface area contributed by atoms with Crippen molar-refractivity contribution in [2.24, 2.45) is 0 Å². The molecule has 2 aromatic heterocycles.